The van der Waals surface area contributed by atoms with Crippen molar-refractivity contribution in [1.82, 2.24) is 25.1 Å². The van der Waals surface area contributed by atoms with E-state index in [0.717, 1.165) is 12.8 Å². The van der Waals surface area contributed by atoms with Gasteiger partial charge in [0.1, 0.15) is 5.82 Å². The van der Waals surface area contributed by atoms with Crippen molar-refractivity contribution in [3.63, 3.8) is 0 Å². The Bertz CT molecular complexity index is 1050. The van der Waals surface area contributed by atoms with Crippen LogP contribution in [0, 0.1) is 5.82 Å². The predicted molar refractivity (Wildman–Crippen MR) is 96.0 cm³/mol. The minimum Gasteiger partial charge on any atom is -0.302 e. The molecule has 1 aliphatic carbocycles. The number of aromatic nitrogens is 4. The van der Waals surface area contributed by atoms with E-state index in [1.165, 1.54) is 33.8 Å². The van der Waals surface area contributed by atoms with Crippen LogP contribution in [0.5, 0.6) is 0 Å². The lowest BCUT2D eigenvalue weighted by Gasteiger charge is -2.20. The average molecular weight is 378 g/mol. The second kappa shape index (κ2) is 6.22. The normalized spacial score (nSPS) is 19.5. The van der Waals surface area contributed by atoms with Crippen molar-refractivity contribution in [2.24, 2.45) is 0 Å². The van der Waals surface area contributed by atoms with E-state index >= 15 is 0 Å². The summed E-state index contributed by atoms with van der Waals surface area (Å²) >= 11 is 0. The SMILES string of the molecule is O=C1C(c2nnnn2-c2ccc(F)cc2)N(C2CC2)C(=O)N1c1ccccc1. The van der Waals surface area contributed by atoms with Crippen LogP contribution < -0.4 is 4.90 Å². The van der Waals surface area contributed by atoms with E-state index in [-0.39, 0.29) is 23.7 Å². The Hall–Kier alpha value is -3.62. The summed E-state index contributed by atoms with van der Waals surface area (Å²) in [7, 11) is 0. The molecule has 0 N–H and O–H groups in total. The van der Waals surface area contributed by atoms with Crippen LogP contribution in [0.15, 0.2) is 54.6 Å². The fraction of sp³-hybridized carbons (Fsp3) is 0.211. The molecule has 3 aromatic rings. The Morgan fingerprint density at radius 3 is 2.32 bits per heavy atom. The fourth-order valence-electron chi connectivity index (χ4n) is 3.46. The number of tetrazole rings is 1. The Morgan fingerprint density at radius 2 is 1.64 bits per heavy atom. The number of hydrogen-bond donors (Lipinski definition) is 0. The second-order valence-corrected chi connectivity index (χ2v) is 6.76. The van der Waals surface area contributed by atoms with Gasteiger partial charge in [0.15, 0.2) is 11.9 Å². The number of halogens is 1. The Morgan fingerprint density at radius 1 is 0.929 bits per heavy atom. The van der Waals surface area contributed by atoms with E-state index in [2.05, 4.69) is 15.5 Å². The van der Waals surface area contributed by atoms with Gasteiger partial charge in [-0.05, 0) is 59.7 Å². The molecule has 28 heavy (non-hydrogen) atoms. The van der Waals surface area contributed by atoms with Crippen LogP contribution in [-0.2, 0) is 4.79 Å². The Labute approximate surface area is 159 Å². The molecule has 1 unspecified atom stereocenters. The summed E-state index contributed by atoms with van der Waals surface area (Å²) in [4.78, 5) is 29.1. The first kappa shape index (κ1) is 16.5. The largest absolute Gasteiger partial charge is 0.332 e. The Kier molecular flexibility index (Phi) is 3.68. The first-order valence-corrected chi connectivity index (χ1v) is 8.90. The maximum atomic E-state index is 13.3. The molecule has 1 atom stereocenters. The lowest BCUT2D eigenvalue weighted by molar-refractivity contribution is -0.120. The third kappa shape index (κ3) is 2.55. The highest BCUT2D eigenvalue weighted by Crippen LogP contribution is 2.41. The first-order valence-electron chi connectivity index (χ1n) is 8.90. The molecule has 5 rings (SSSR count). The number of benzene rings is 2. The third-order valence-corrected chi connectivity index (χ3v) is 4.91. The average Bonchev–Trinajstić information content (AvgIpc) is 3.37. The summed E-state index contributed by atoms with van der Waals surface area (Å²) in [5, 5.41) is 11.7. The summed E-state index contributed by atoms with van der Waals surface area (Å²) < 4.78 is 14.7. The van der Waals surface area contributed by atoms with Gasteiger partial charge in [0.2, 0.25) is 0 Å². The number of amides is 3. The zero-order chi connectivity index (χ0) is 19.3. The molecule has 1 saturated heterocycles. The highest BCUT2D eigenvalue weighted by molar-refractivity contribution is 6.21. The van der Waals surface area contributed by atoms with Gasteiger partial charge >= 0.3 is 6.03 Å². The number of urea groups is 1. The molecule has 0 radical (unpaired) electrons. The van der Waals surface area contributed by atoms with Gasteiger partial charge in [-0.1, -0.05) is 18.2 Å². The van der Waals surface area contributed by atoms with Crippen LogP contribution >= 0.6 is 0 Å². The number of carbonyl (C=O) groups excluding carboxylic acids is 2. The van der Waals surface area contributed by atoms with E-state index in [1.54, 1.807) is 29.2 Å². The van der Waals surface area contributed by atoms with Crippen LogP contribution in [-0.4, -0.2) is 43.1 Å². The molecule has 9 heteroatoms. The maximum absolute atomic E-state index is 13.3. The van der Waals surface area contributed by atoms with Crippen LogP contribution in [0.1, 0.15) is 24.7 Å². The molecule has 2 aromatic carbocycles. The number of anilines is 1. The molecule has 8 nitrogen and oxygen atoms in total. The van der Waals surface area contributed by atoms with E-state index in [0.29, 0.717) is 11.4 Å². The van der Waals surface area contributed by atoms with Crippen LogP contribution in [0.25, 0.3) is 5.69 Å². The zero-order valence-electron chi connectivity index (χ0n) is 14.6. The lowest BCUT2D eigenvalue weighted by Crippen LogP contribution is -2.34. The van der Waals surface area contributed by atoms with Gasteiger partial charge in [0, 0.05) is 6.04 Å². The van der Waals surface area contributed by atoms with Crippen LogP contribution in [0.3, 0.4) is 0 Å². The van der Waals surface area contributed by atoms with Crippen molar-refractivity contribution in [3.05, 3.63) is 66.2 Å². The zero-order valence-corrected chi connectivity index (χ0v) is 14.6. The van der Waals surface area contributed by atoms with Gasteiger partial charge in [0.25, 0.3) is 5.91 Å². The molecule has 2 aliphatic rings. The number of rotatable bonds is 4. The highest BCUT2D eigenvalue weighted by atomic mass is 19.1. The molecular weight excluding hydrogens is 363 g/mol. The van der Waals surface area contributed by atoms with Crippen LogP contribution in [0.2, 0.25) is 0 Å². The number of nitrogens with zero attached hydrogens (tertiary/aromatic N) is 6. The predicted octanol–water partition coefficient (Wildman–Crippen LogP) is 2.47. The Balaban J connectivity index is 1.59. The van der Waals surface area contributed by atoms with Gasteiger partial charge in [-0.15, -0.1) is 5.10 Å². The third-order valence-electron chi connectivity index (χ3n) is 4.91. The highest BCUT2D eigenvalue weighted by Gasteiger charge is 2.54. The quantitative estimate of drug-likeness (QED) is 0.651. The molecule has 1 aliphatic heterocycles. The molecule has 2 fully saturated rings. The van der Waals surface area contributed by atoms with Crippen molar-refractivity contribution in [3.8, 4) is 5.69 Å². The number of carbonyl (C=O) groups is 2. The van der Waals surface area contributed by atoms with Crippen molar-refractivity contribution < 1.29 is 14.0 Å². The van der Waals surface area contributed by atoms with E-state index in [1.807, 2.05) is 6.07 Å². The summed E-state index contributed by atoms with van der Waals surface area (Å²) in [6.07, 6.45) is 1.66. The lowest BCUT2D eigenvalue weighted by atomic mass is 10.2. The topological polar surface area (TPSA) is 84.2 Å². The summed E-state index contributed by atoms with van der Waals surface area (Å²) in [6, 6.07) is 13.1. The summed E-state index contributed by atoms with van der Waals surface area (Å²) in [5.41, 5.74) is 1.02. The van der Waals surface area contributed by atoms with Gasteiger partial charge in [-0.2, -0.15) is 4.68 Å². The van der Waals surface area contributed by atoms with Gasteiger partial charge < -0.3 is 4.90 Å². The van der Waals surface area contributed by atoms with E-state index < -0.39 is 11.9 Å². The molecule has 1 aromatic heterocycles. The van der Waals surface area contributed by atoms with E-state index in [4.69, 9.17) is 0 Å². The number of para-hydroxylation sites is 1. The molecule has 140 valence electrons. The van der Waals surface area contributed by atoms with Gasteiger partial charge in [-0.25, -0.2) is 14.1 Å². The maximum Gasteiger partial charge on any atom is 0.332 e. The number of imide groups is 1. The molecule has 3 amide bonds. The molecular formula is C19H15FN6O2. The number of hydrogen-bond acceptors (Lipinski definition) is 5. The monoisotopic (exact) mass is 378 g/mol. The molecule has 0 spiro atoms. The molecule has 1 saturated carbocycles. The standard InChI is InChI=1S/C19H15FN6O2/c20-12-6-8-15(9-7-12)26-17(21-22-23-26)16-18(27)25(13-4-2-1-3-5-13)19(28)24(16)14-10-11-14/h1-9,14,16H,10-11H2. The smallest absolute Gasteiger partial charge is 0.302 e. The van der Waals surface area contributed by atoms with Crippen molar-refractivity contribution in [2.45, 2.75) is 24.9 Å². The molecule has 0 bridgehead atoms. The summed E-state index contributed by atoms with van der Waals surface area (Å²) in [6.45, 7) is 0. The van der Waals surface area contributed by atoms with Gasteiger partial charge in [0.05, 0.1) is 11.4 Å². The van der Waals surface area contributed by atoms with E-state index in [9.17, 15) is 14.0 Å². The van der Waals surface area contributed by atoms with Crippen LogP contribution in [0.4, 0.5) is 14.9 Å². The minimum absolute atomic E-state index is 0.0199. The van der Waals surface area contributed by atoms with Crippen molar-refractivity contribution >= 4 is 17.6 Å². The summed E-state index contributed by atoms with van der Waals surface area (Å²) in [5.74, 6) is -0.558. The van der Waals surface area contributed by atoms with Crippen molar-refractivity contribution in [1.29, 1.82) is 0 Å². The molecule has 2 heterocycles. The second-order valence-electron chi connectivity index (χ2n) is 6.76. The van der Waals surface area contributed by atoms with Gasteiger partial charge in [-0.3, -0.25) is 4.79 Å². The fourth-order valence-corrected chi connectivity index (χ4v) is 3.46. The minimum atomic E-state index is -0.930. The first-order chi connectivity index (χ1) is 13.6. The van der Waals surface area contributed by atoms with Crippen molar-refractivity contribution in [2.75, 3.05) is 4.90 Å².